The number of sulfone groups is 1. The van der Waals surface area contributed by atoms with E-state index in [9.17, 15) is 47.6 Å². The Bertz CT molecular complexity index is 2140. The molecule has 1 aliphatic heterocycles. The maximum absolute atomic E-state index is 13.1. The molecule has 1 aliphatic rings. The fraction of sp³-hybridized carbons (Fsp3) is 0.182. The zero-order chi connectivity index (χ0) is 32.0. The number of amides is 1. The quantitative estimate of drug-likeness (QED) is 0.115. The van der Waals surface area contributed by atoms with Crippen LogP contribution in [-0.4, -0.2) is 77.3 Å². The molecule has 230 valence electrons. The minimum Gasteiger partial charge on any atom is -0.744 e. The first kappa shape index (κ1) is 43.3. The minimum atomic E-state index is -5.30. The normalized spacial score (nSPS) is 15.7. The number of hydrazone groups is 1. The number of hydrogen-bond donors (Lipinski definition) is 1. The number of carbonyl (C=O) groups excluding carboxylic acids is 1. The number of nitrogens with zero attached hydrogens (tertiary/aromatic N) is 4. The van der Waals surface area contributed by atoms with Crippen molar-refractivity contribution in [2.24, 2.45) is 15.3 Å². The summed E-state index contributed by atoms with van der Waals surface area (Å²) in [5.74, 6) is -1.57. The summed E-state index contributed by atoms with van der Waals surface area (Å²) in [6.45, 7) is 0.557. The molecule has 4 rings (SSSR count). The minimum absolute atomic E-state index is 0. The fourth-order valence-electron chi connectivity index (χ4n) is 4.01. The van der Waals surface area contributed by atoms with Gasteiger partial charge in [0.1, 0.15) is 25.9 Å². The van der Waals surface area contributed by atoms with Crippen molar-refractivity contribution in [3.05, 3.63) is 54.6 Å². The second-order valence-corrected chi connectivity index (χ2v) is 14.6. The predicted octanol–water partition coefficient (Wildman–Crippen LogP) is -7.87. The number of anilines is 1. The van der Waals surface area contributed by atoms with Gasteiger partial charge in [0.05, 0.1) is 38.4 Å². The zero-order valence-corrected chi connectivity index (χ0v) is 33.7. The van der Waals surface area contributed by atoms with E-state index in [4.69, 9.17) is 4.55 Å². The molecule has 0 bridgehead atoms. The first-order chi connectivity index (χ1) is 19.8. The number of hydrogen-bond acceptors (Lipinski definition) is 15. The Morgan fingerprint density at radius 1 is 0.870 bits per heavy atom. The summed E-state index contributed by atoms with van der Waals surface area (Å²) >= 11 is 0. The maximum atomic E-state index is 13.1. The van der Waals surface area contributed by atoms with Gasteiger partial charge in [-0.25, -0.2) is 29.4 Å². The van der Waals surface area contributed by atoms with Crippen LogP contribution in [0.1, 0.15) is 6.92 Å². The standard InChI is InChI=1S/C22H20N4O13S4.3Na/c1-13-20(22(27)26(25-13)14-5-7-15(8-6-14)40(28,29)12-11-39-43(36,37)38)24-23-18-10-9-16-17(21(18)42(33,34)35)3-2-4-19(16)41(30,31)32;;;/h2-10,20H,11-12H2,1H3,(H,30,31,32)(H,33,34,35)(H,36,37,38);;;/q;3*+1/p-2. The first-order valence-electron chi connectivity index (χ1n) is 11.5. The van der Waals surface area contributed by atoms with Gasteiger partial charge in [-0.1, -0.05) is 18.2 Å². The molecule has 1 N–H and O–H groups in total. The molecule has 0 aliphatic carbocycles. The average Bonchev–Trinajstić information content (AvgIpc) is 3.17. The van der Waals surface area contributed by atoms with Crippen LogP contribution in [0.2, 0.25) is 0 Å². The van der Waals surface area contributed by atoms with Crippen LogP contribution in [0.25, 0.3) is 10.8 Å². The van der Waals surface area contributed by atoms with Crippen LogP contribution >= 0.6 is 0 Å². The van der Waals surface area contributed by atoms with Crippen LogP contribution in [0.3, 0.4) is 0 Å². The van der Waals surface area contributed by atoms with Crippen molar-refractivity contribution in [1.82, 2.24) is 0 Å². The molecule has 3 aromatic rings. The molecular formula is C22H18N4Na3O13S4+. The Labute approximate surface area is 330 Å². The van der Waals surface area contributed by atoms with Gasteiger partial charge >= 0.3 is 99.1 Å². The monoisotopic (exact) mass is 743 g/mol. The van der Waals surface area contributed by atoms with E-state index in [1.54, 1.807) is 0 Å². The van der Waals surface area contributed by atoms with Crippen molar-refractivity contribution in [3.63, 3.8) is 0 Å². The second-order valence-electron chi connectivity index (χ2n) is 8.75. The molecule has 46 heavy (non-hydrogen) atoms. The molecule has 0 radical (unpaired) electrons. The largest absolute Gasteiger partial charge is 1.00 e. The van der Waals surface area contributed by atoms with Gasteiger partial charge < -0.3 is 9.11 Å². The van der Waals surface area contributed by atoms with Crippen molar-refractivity contribution < 1.29 is 145 Å². The zero-order valence-electron chi connectivity index (χ0n) is 24.5. The van der Waals surface area contributed by atoms with E-state index in [1.165, 1.54) is 19.1 Å². The molecule has 1 unspecified atom stereocenters. The Hall–Kier alpha value is -0.700. The van der Waals surface area contributed by atoms with Crippen LogP contribution in [0.5, 0.6) is 0 Å². The smallest absolute Gasteiger partial charge is 0.744 e. The summed E-state index contributed by atoms with van der Waals surface area (Å²) in [4.78, 5) is 11.1. The Morgan fingerprint density at radius 3 is 2.02 bits per heavy atom. The third-order valence-corrected chi connectivity index (χ3v) is 9.86. The van der Waals surface area contributed by atoms with Gasteiger partial charge in [0.25, 0.3) is 5.91 Å². The number of carbonyl (C=O) groups is 1. The molecule has 1 heterocycles. The Morgan fingerprint density at radius 2 is 1.48 bits per heavy atom. The molecule has 17 nitrogen and oxygen atoms in total. The molecule has 0 saturated heterocycles. The van der Waals surface area contributed by atoms with Crippen molar-refractivity contribution in [1.29, 1.82) is 0 Å². The molecular weight excluding hydrogens is 725 g/mol. The summed E-state index contributed by atoms with van der Waals surface area (Å²) in [5.41, 5.74) is -0.357. The Balaban J connectivity index is 0.00000353. The molecule has 0 fully saturated rings. The molecule has 0 saturated carbocycles. The summed E-state index contributed by atoms with van der Waals surface area (Å²) in [5, 5.41) is 11.8. The molecule has 0 aromatic heterocycles. The number of rotatable bonds is 10. The van der Waals surface area contributed by atoms with Gasteiger partial charge in [-0.2, -0.15) is 28.8 Å². The topological polar surface area (TPSA) is 270 Å². The summed E-state index contributed by atoms with van der Waals surface area (Å²) < 4.78 is 130. The van der Waals surface area contributed by atoms with E-state index in [0.717, 1.165) is 47.5 Å². The summed E-state index contributed by atoms with van der Waals surface area (Å²) in [6.07, 6.45) is 0. The van der Waals surface area contributed by atoms with Gasteiger partial charge in [0.2, 0.25) is 0 Å². The van der Waals surface area contributed by atoms with Gasteiger partial charge in [0.15, 0.2) is 15.9 Å². The first-order valence-corrected chi connectivity index (χ1v) is 17.3. The van der Waals surface area contributed by atoms with E-state index in [0.29, 0.717) is 0 Å². The fourth-order valence-corrected chi connectivity index (χ4v) is 7.00. The molecule has 0 spiro atoms. The van der Waals surface area contributed by atoms with Crippen molar-refractivity contribution in [2.45, 2.75) is 27.7 Å². The molecule has 1 amide bonds. The van der Waals surface area contributed by atoms with E-state index >= 15 is 0 Å². The SMILES string of the molecule is CC1=NN(c2ccc(S(=O)(=O)CCOS(=O)(=O)O)cc2)C(=O)C1N=Nc1ccc2c(S(=O)(=O)[O-])cccc2c1S(=O)(=O)[O-].[Na+].[Na+].[Na+]. The van der Waals surface area contributed by atoms with E-state index in [1.807, 2.05) is 0 Å². The molecule has 1 atom stereocenters. The van der Waals surface area contributed by atoms with Crippen LogP contribution in [0.15, 0.2) is 84.6 Å². The van der Waals surface area contributed by atoms with E-state index < -0.39 is 85.6 Å². The molecule has 24 heteroatoms. The third kappa shape index (κ3) is 10.2. The van der Waals surface area contributed by atoms with Crippen molar-refractivity contribution in [2.75, 3.05) is 17.4 Å². The van der Waals surface area contributed by atoms with Gasteiger partial charge in [-0.3, -0.25) is 9.35 Å². The van der Waals surface area contributed by atoms with Gasteiger partial charge in [0, 0.05) is 10.8 Å². The van der Waals surface area contributed by atoms with Crippen molar-refractivity contribution >= 4 is 74.2 Å². The summed E-state index contributed by atoms with van der Waals surface area (Å²) in [7, 11) is -19.2. The van der Waals surface area contributed by atoms with Gasteiger partial charge in [-0.15, -0.1) is 0 Å². The summed E-state index contributed by atoms with van der Waals surface area (Å²) in [6, 6.07) is 8.41. The third-order valence-electron chi connectivity index (χ3n) is 5.87. The van der Waals surface area contributed by atoms with Crippen LogP contribution in [0.4, 0.5) is 11.4 Å². The van der Waals surface area contributed by atoms with Crippen LogP contribution in [0, 0.1) is 0 Å². The van der Waals surface area contributed by atoms with E-state index in [-0.39, 0.29) is 110 Å². The Kier molecular flexibility index (Phi) is 15.4. The number of benzene rings is 3. The van der Waals surface area contributed by atoms with E-state index in [2.05, 4.69) is 19.5 Å². The van der Waals surface area contributed by atoms with Crippen LogP contribution in [-0.2, 0) is 49.5 Å². The van der Waals surface area contributed by atoms with Crippen molar-refractivity contribution in [3.8, 4) is 0 Å². The van der Waals surface area contributed by atoms with Gasteiger partial charge in [-0.05, 0) is 43.3 Å². The van der Waals surface area contributed by atoms with Crippen LogP contribution < -0.4 is 93.7 Å². The predicted molar refractivity (Wildman–Crippen MR) is 145 cm³/mol. The maximum Gasteiger partial charge on any atom is 1.00 e. The number of fused-ring (bicyclic) bond motifs is 1. The molecule has 3 aromatic carbocycles. The number of azo groups is 1. The second kappa shape index (κ2) is 16.3. The average molecular weight is 744 g/mol.